The summed E-state index contributed by atoms with van der Waals surface area (Å²) in [5, 5.41) is 41.7. The molecule has 10 heteroatoms. The zero-order chi connectivity index (χ0) is 31.5. The normalized spacial score (nSPS) is 19.0. The van der Waals surface area contributed by atoms with E-state index in [1.54, 1.807) is 30.3 Å². The molecule has 236 valence electrons. The van der Waals surface area contributed by atoms with Crippen molar-refractivity contribution in [2.45, 2.75) is 69.7 Å². The molecule has 0 radical (unpaired) electrons. The minimum absolute atomic E-state index is 0.0483. The van der Waals surface area contributed by atoms with Gasteiger partial charge in [0.2, 0.25) is 5.91 Å². The largest absolute Gasteiger partial charge is 0.508 e. The number of aliphatic carboxylic acids is 1. The number of unbranched alkanes of at least 4 members (excludes halogenated alkanes) is 2. The minimum Gasteiger partial charge on any atom is -0.508 e. The van der Waals surface area contributed by atoms with Gasteiger partial charge in [0.05, 0.1) is 24.9 Å². The number of carbonyl (C=O) groups excluding carboxylic acids is 1. The molecule has 1 heterocycles. The van der Waals surface area contributed by atoms with Gasteiger partial charge in [0.15, 0.2) is 6.29 Å². The van der Waals surface area contributed by atoms with E-state index in [1.165, 1.54) is 0 Å². The van der Waals surface area contributed by atoms with E-state index in [2.05, 4.69) is 5.32 Å². The molecule has 0 aromatic heterocycles. The molecule has 1 aliphatic rings. The molecule has 1 amide bonds. The summed E-state index contributed by atoms with van der Waals surface area (Å²) in [4.78, 5) is 25.2. The Morgan fingerprint density at radius 3 is 2.43 bits per heavy atom. The summed E-state index contributed by atoms with van der Waals surface area (Å²) in [6.45, 7) is 0.801. The molecule has 3 aromatic carbocycles. The van der Waals surface area contributed by atoms with Gasteiger partial charge in [-0.1, -0.05) is 55.0 Å². The Balaban J connectivity index is 1.43. The monoisotopic (exact) mass is 606 g/mol. The maximum absolute atomic E-state index is 12.5. The highest BCUT2D eigenvalue weighted by molar-refractivity contribution is 5.90. The minimum atomic E-state index is -0.831. The van der Waals surface area contributed by atoms with Gasteiger partial charge in [0, 0.05) is 43.6 Å². The molecule has 10 nitrogen and oxygen atoms in total. The smallest absolute Gasteiger partial charge is 0.303 e. The van der Waals surface area contributed by atoms with E-state index >= 15 is 0 Å². The highest BCUT2D eigenvalue weighted by Crippen LogP contribution is 2.38. The first-order chi connectivity index (χ1) is 21.2. The third-order valence-corrected chi connectivity index (χ3v) is 7.61. The number of carboxylic acid groups (broad SMARTS) is 1. The molecule has 4 unspecified atom stereocenters. The fourth-order valence-corrected chi connectivity index (χ4v) is 5.31. The lowest BCUT2D eigenvalue weighted by molar-refractivity contribution is -0.252. The van der Waals surface area contributed by atoms with E-state index < -0.39 is 18.4 Å². The number of anilines is 1. The number of likely N-dealkylation sites (N-methyl/N-ethyl adjacent to an activating group) is 1. The van der Waals surface area contributed by atoms with Crippen LogP contribution in [0.2, 0.25) is 0 Å². The predicted molar refractivity (Wildman–Crippen MR) is 165 cm³/mol. The highest BCUT2D eigenvalue weighted by Gasteiger charge is 2.33. The van der Waals surface area contributed by atoms with Crippen LogP contribution in [0.5, 0.6) is 5.75 Å². The molecule has 0 saturated carbocycles. The van der Waals surface area contributed by atoms with Crippen LogP contribution in [0, 0.1) is 0 Å². The number of benzene rings is 3. The summed E-state index contributed by atoms with van der Waals surface area (Å²) >= 11 is 0. The number of phenols is 1. The third kappa shape index (κ3) is 10.1. The van der Waals surface area contributed by atoms with Crippen LogP contribution in [0.25, 0.3) is 0 Å². The van der Waals surface area contributed by atoms with Crippen LogP contribution in [0.15, 0.2) is 72.8 Å². The number of aliphatic hydroxyl groups excluding tert-OH is 2. The van der Waals surface area contributed by atoms with Crippen LogP contribution in [0.1, 0.15) is 79.3 Å². The standard InChI is InChI=1S/C34H42N2O8/c1-36(21-30(39)25-7-6-10-28(38)18-25)20-29-19-31(24-15-13-23(22-37)14-16-24)44-34(43-29)26-8-5-9-27(17-26)35-32(40)11-3-2-4-12-33(41)42/h5-10,13-18,29-31,34,37-39H,2-4,11-12,19-22H2,1H3,(H,35,40)(H,41,42). The fraction of sp³-hybridized carbons (Fsp3) is 0.412. The molecule has 3 aromatic rings. The lowest BCUT2D eigenvalue weighted by Gasteiger charge is -2.38. The lowest BCUT2D eigenvalue weighted by Crippen LogP contribution is -2.39. The Bertz CT molecular complexity index is 1370. The van der Waals surface area contributed by atoms with Gasteiger partial charge in [0.1, 0.15) is 5.75 Å². The van der Waals surface area contributed by atoms with Crippen LogP contribution < -0.4 is 5.32 Å². The zero-order valence-electron chi connectivity index (χ0n) is 25.0. The summed E-state index contributed by atoms with van der Waals surface area (Å²) < 4.78 is 12.9. The van der Waals surface area contributed by atoms with Gasteiger partial charge >= 0.3 is 5.97 Å². The van der Waals surface area contributed by atoms with Crippen molar-refractivity contribution in [2.24, 2.45) is 0 Å². The summed E-state index contributed by atoms with van der Waals surface area (Å²) in [5.41, 5.74) is 3.75. The Labute approximate surface area is 257 Å². The number of ether oxygens (including phenoxy) is 2. The van der Waals surface area contributed by atoms with Crippen molar-refractivity contribution >= 4 is 17.6 Å². The molecule has 4 rings (SSSR count). The Morgan fingerprint density at radius 2 is 1.70 bits per heavy atom. The average molecular weight is 607 g/mol. The fourth-order valence-electron chi connectivity index (χ4n) is 5.31. The summed E-state index contributed by atoms with van der Waals surface area (Å²) in [6, 6.07) is 21.6. The molecule has 0 aliphatic carbocycles. The predicted octanol–water partition coefficient (Wildman–Crippen LogP) is 5.07. The van der Waals surface area contributed by atoms with Crippen molar-refractivity contribution in [2.75, 3.05) is 25.5 Å². The Hall–Kier alpha value is -3.80. The second-order valence-electron chi connectivity index (χ2n) is 11.3. The number of phenolic OH excluding ortho intramolecular Hbond substituents is 1. The number of rotatable bonds is 15. The number of nitrogens with one attached hydrogen (secondary N) is 1. The second-order valence-corrected chi connectivity index (χ2v) is 11.3. The molecule has 44 heavy (non-hydrogen) atoms. The lowest BCUT2D eigenvalue weighted by atomic mass is 9.99. The summed E-state index contributed by atoms with van der Waals surface area (Å²) in [6.07, 6.45) is 0.757. The van der Waals surface area contributed by atoms with E-state index in [0.29, 0.717) is 56.4 Å². The molecular weight excluding hydrogens is 564 g/mol. The van der Waals surface area contributed by atoms with Crippen LogP contribution in [0.3, 0.4) is 0 Å². The van der Waals surface area contributed by atoms with Crippen molar-refractivity contribution in [3.05, 3.63) is 95.1 Å². The van der Waals surface area contributed by atoms with Crippen molar-refractivity contribution in [3.63, 3.8) is 0 Å². The molecular formula is C34H42N2O8. The summed E-state index contributed by atoms with van der Waals surface area (Å²) in [7, 11) is 1.91. The van der Waals surface area contributed by atoms with Gasteiger partial charge in [-0.15, -0.1) is 0 Å². The molecule has 1 aliphatic heterocycles. The van der Waals surface area contributed by atoms with E-state index in [4.69, 9.17) is 14.6 Å². The molecule has 4 atom stereocenters. The maximum atomic E-state index is 12.5. The van der Waals surface area contributed by atoms with Crippen molar-refractivity contribution in [3.8, 4) is 5.75 Å². The Morgan fingerprint density at radius 1 is 0.955 bits per heavy atom. The molecule has 0 spiro atoms. The highest BCUT2D eigenvalue weighted by atomic mass is 16.7. The number of carbonyl (C=O) groups is 2. The van der Waals surface area contributed by atoms with Gasteiger partial charge in [-0.2, -0.15) is 0 Å². The molecule has 5 N–H and O–H groups in total. The zero-order valence-corrected chi connectivity index (χ0v) is 25.0. The van der Waals surface area contributed by atoms with Crippen LogP contribution in [0.4, 0.5) is 5.69 Å². The van der Waals surface area contributed by atoms with Gasteiger partial charge in [0.25, 0.3) is 0 Å². The van der Waals surface area contributed by atoms with Crippen molar-refractivity contribution in [1.29, 1.82) is 0 Å². The third-order valence-electron chi connectivity index (χ3n) is 7.61. The Kier molecular flexibility index (Phi) is 12.3. The number of hydrogen-bond acceptors (Lipinski definition) is 8. The number of aromatic hydroxyl groups is 1. The molecule has 1 saturated heterocycles. The number of carboxylic acids is 1. The SMILES string of the molecule is CN(CC1CC(c2ccc(CO)cc2)OC(c2cccc(NC(=O)CCCCCC(=O)O)c2)O1)CC(O)c1cccc(O)c1. The first-order valence-electron chi connectivity index (χ1n) is 15.0. The van der Waals surface area contributed by atoms with E-state index in [0.717, 1.165) is 16.7 Å². The molecule has 1 fully saturated rings. The number of nitrogens with zero attached hydrogens (tertiary/aromatic N) is 1. The van der Waals surface area contributed by atoms with Gasteiger partial charge in [-0.3, -0.25) is 9.59 Å². The van der Waals surface area contributed by atoms with Crippen molar-refractivity contribution in [1.82, 2.24) is 4.90 Å². The topological polar surface area (TPSA) is 149 Å². The number of aliphatic hydroxyl groups is 2. The quantitative estimate of drug-likeness (QED) is 0.150. The maximum Gasteiger partial charge on any atom is 0.303 e. The number of hydrogen-bond donors (Lipinski definition) is 5. The summed E-state index contributed by atoms with van der Waals surface area (Å²) in [5.74, 6) is -0.874. The molecule has 0 bridgehead atoms. The first-order valence-corrected chi connectivity index (χ1v) is 15.0. The van der Waals surface area contributed by atoms with E-state index in [9.17, 15) is 24.9 Å². The first kappa shape index (κ1) is 33.1. The van der Waals surface area contributed by atoms with Gasteiger partial charge < -0.3 is 40.1 Å². The number of amides is 1. The average Bonchev–Trinajstić information content (AvgIpc) is 3.00. The van der Waals surface area contributed by atoms with E-state index in [1.807, 2.05) is 54.4 Å². The van der Waals surface area contributed by atoms with Crippen LogP contribution in [-0.4, -0.2) is 63.4 Å². The van der Waals surface area contributed by atoms with Gasteiger partial charge in [-0.25, -0.2) is 0 Å². The van der Waals surface area contributed by atoms with Crippen molar-refractivity contribution < 1.29 is 39.5 Å². The van der Waals surface area contributed by atoms with Crippen LogP contribution in [-0.2, 0) is 25.7 Å². The van der Waals surface area contributed by atoms with Gasteiger partial charge in [-0.05, 0) is 60.8 Å². The van der Waals surface area contributed by atoms with E-state index in [-0.39, 0.29) is 36.9 Å². The second kappa shape index (κ2) is 16.3. The van der Waals surface area contributed by atoms with Crippen LogP contribution >= 0.6 is 0 Å².